The van der Waals surface area contributed by atoms with Crippen LogP contribution in [0.5, 0.6) is 11.5 Å². The van der Waals surface area contributed by atoms with Crippen LogP contribution in [0.4, 0.5) is 0 Å². The van der Waals surface area contributed by atoms with Gasteiger partial charge in [0.25, 0.3) is 11.8 Å². The smallest absolute Gasteiger partial charge is 0.276 e. The zero-order valence-electron chi connectivity index (χ0n) is 14.8. The van der Waals surface area contributed by atoms with E-state index in [-0.39, 0.29) is 18.3 Å². The molecule has 0 saturated heterocycles. The number of rotatable bonds is 6. The quantitative estimate of drug-likeness (QED) is 0.393. The molecule has 3 N–H and O–H groups in total. The third-order valence-corrected chi connectivity index (χ3v) is 4.55. The normalized spacial score (nSPS) is 9.96. The summed E-state index contributed by atoms with van der Waals surface area (Å²) >= 11 is 11.6. The van der Waals surface area contributed by atoms with Crippen LogP contribution in [0.3, 0.4) is 0 Å². The number of ether oxygens (including phenoxy) is 2. The van der Waals surface area contributed by atoms with Gasteiger partial charge in [0.1, 0.15) is 11.5 Å². The van der Waals surface area contributed by atoms with Crippen molar-refractivity contribution in [3.63, 3.8) is 0 Å². The summed E-state index contributed by atoms with van der Waals surface area (Å²) in [6.07, 6.45) is 0. The Balaban J connectivity index is 1.66. The zero-order valence-corrected chi connectivity index (χ0v) is 18.7. The number of carbonyl (C=O) groups excluding carboxylic acids is 2. The summed E-state index contributed by atoms with van der Waals surface area (Å²) in [6.45, 7) is 1.50. The van der Waals surface area contributed by atoms with E-state index in [2.05, 4.69) is 48.0 Å². The average Bonchev–Trinajstić information content (AvgIpc) is 2.65. The summed E-state index contributed by atoms with van der Waals surface area (Å²) in [4.78, 5) is 23.6. The Bertz CT molecular complexity index is 862. The van der Waals surface area contributed by atoms with Crippen LogP contribution in [0.15, 0.2) is 51.4 Å². The first-order valence-corrected chi connectivity index (χ1v) is 9.99. The van der Waals surface area contributed by atoms with Crippen molar-refractivity contribution in [3.8, 4) is 11.5 Å². The van der Waals surface area contributed by atoms with E-state index < -0.39 is 11.8 Å². The van der Waals surface area contributed by atoms with Gasteiger partial charge in [0.05, 0.1) is 4.47 Å². The van der Waals surface area contributed by atoms with Gasteiger partial charge in [-0.2, -0.15) is 0 Å². The van der Waals surface area contributed by atoms with Gasteiger partial charge < -0.3 is 9.47 Å². The first-order valence-electron chi connectivity index (χ1n) is 7.99. The molecule has 0 spiro atoms. The number of hydrazine groups is 1. The SMILES string of the molecule is Cc1ccc(OCC(=O)NNC(=S)NC(=O)COc2ccc(Br)cc2)c(Br)c1. The molecule has 0 bridgehead atoms. The number of amides is 2. The molecular formula is C18H17Br2N3O4S. The van der Waals surface area contributed by atoms with Gasteiger partial charge in [-0.1, -0.05) is 22.0 Å². The molecule has 0 aromatic heterocycles. The van der Waals surface area contributed by atoms with E-state index in [1.54, 1.807) is 30.3 Å². The molecule has 0 aliphatic rings. The van der Waals surface area contributed by atoms with Crippen LogP contribution in [0.25, 0.3) is 0 Å². The lowest BCUT2D eigenvalue weighted by atomic mass is 10.2. The molecule has 2 rings (SSSR count). The predicted molar refractivity (Wildman–Crippen MR) is 116 cm³/mol. The van der Waals surface area contributed by atoms with Gasteiger partial charge in [-0.25, -0.2) is 0 Å². The van der Waals surface area contributed by atoms with Crippen LogP contribution >= 0.6 is 44.1 Å². The number of thiocarbonyl (C=S) groups is 1. The Morgan fingerprint density at radius 1 is 0.964 bits per heavy atom. The van der Waals surface area contributed by atoms with Gasteiger partial charge in [-0.05, 0) is 77.0 Å². The number of carbonyl (C=O) groups is 2. The van der Waals surface area contributed by atoms with Crippen LogP contribution in [-0.4, -0.2) is 30.1 Å². The largest absolute Gasteiger partial charge is 0.484 e. The van der Waals surface area contributed by atoms with Crippen molar-refractivity contribution in [2.75, 3.05) is 13.2 Å². The molecule has 2 aromatic carbocycles. The standard InChI is InChI=1S/C18H17Br2N3O4S/c1-11-2-7-15(14(20)8-11)27-10-17(25)22-23-18(28)21-16(24)9-26-13-5-3-12(19)4-6-13/h2-8H,9-10H2,1H3,(H,22,25)(H2,21,23,24,28). The number of halogens is 2. The third-order valence-electron chi connectivity index (χ3n) is 3.20. The molecule has 28 heavy (non-hydrogen) atoms. The Kier molecular flexibility index (Phi) is 8.68. The second-order valence-corrected chi connectivity index (χ2v) is 7.69. The van der Waals surface area contributed by atoms with Crippen LogP contribution in [0.1, 0.15) is 5.56 Å². The van der Waals surface area contributed by atoms with Crippen molar-refractivity contribution in [2.45, 2.75) is 6.92 Å². The van der Waals surface area contributed by atoms with E-state index in [0.717, 1.165) is 14.5 Å². The highest BCUT2D eigenvalue weighted by molar-refractivity contribution is 9.10. The van der Waals surface area contributed by atoms with Crippen molar-refractivity contribution in [3.05, 3.63) is 57.0 Å². The molecule has 10 heteroatoms. The van der Waals surface area contributed by atoms with Gasteiger partial charge in [0, 0.05) is 4.47 Å². The molecule has 2 aromatic rings. The molecule has 0 saturated carbocycles. The highest BCUT2D eigenvalue weighted by Crippen LogP contribution is 2.25. The van der Waals surface area contributed by atoms with Crippen molar-refractivity contribution >= 4 is 61.0 Å². The fourth-order valence-corrected chi connectivity index (χ4v) is 2.94. The fraction of sp³-hybridized carbons (Fsp3) is 0.167. The Morgan fingerprint density at radius 3 is 2.32 bits per heavy atom. The second-order valence-electron chi connectivity index (χ2n) is 5.52. The van der Waals surface area contributed by atoms with Crippen LogP contribution < -0.4 is 25.6 Å². The van der Waals surface area contributed by atoms with E-state index in [4.69, 9.17) is 21.7 Å². The number of hydrogen-bond donors (Lipinski definition) is 3. The molecule has 0 radical (unpaired) electrons. The third kappa shape index (κ3) is 7.83. The lowest BCUT2D eigenvalue weighted by Gasteiger charge is -2.12. The topological polar surface area (TPSA) is 88.7 Å². The van der Waals surface area contributed by atoms with Crippen LogP contribution in [0.2, 0.25) is 0 Å². The first kappa shape index (κ1) is 22.1. The number of hydrogen-bond acceptors (Lipinski definition) is 5. The lowest BCUT2D eigenvalue weighted by Crippen LogP contribution is -2.50. The Morgan fingerprint density at radius 2 is 1.64 bits per heavy atom. The molecule has 148 valence electrons. The van der Waals surface area contributed by atoms with Gasteiger partial charge in [0.15, 0.2) is 18.3 Å². The first-order chi connectivity index (χ1) is 13.3. The molecule has 0 aliphatic carbocycles. The molecule has 2 amide bonds. The highest BCUT2D eigenvalue weighted by Gasteiger charge is 2.09. The van der Waals surface area contributed by atoms with Crippen LogP contribution in [-0.2, 0) is 9.59 Å². The van der Waals surface area contributed by atoms with Crippen LogP contribution in [0, 0.1) is 6.92 Å². The molecule has 0 unspecified atom stereocenters. The van der Waals surface area contributed by atoms with Gasteiger partial charge in [-0.3, -0.25) is 25.8 Å². The highest BCUT2D eigenvalue weighted by atomic mass is 79.9. The van der Waals surface area contributed by atoms with E-state index >= 15 is 0 Å². The van der Waals surface area contributed by atoms with Gasteiger partial charge in [0.2, 0.25) is 0 Å². The minimum absolute atomic E-state index is 0.0609. The summed E-state index contributed by atoms with van der Waals surface area (Å²) in [5.41, 5.74) is 5.83. The van der Waals surface area contributed by atoms with Gasteiger partial charge in [-0.15, -0.1) is 0 Å². The van der Waals surface area contributed by atoms with E-state index in [1.807, 2.05) is 19.1 Å². The summed E-state index contributed by atoms with van der Waals surface area (Å²) in [5.74, 6) is 0.163. The van der Waals surface area contributed by atoms with E-state index in [0.29, 0.717) is 11.5 Å². The molecule has 0 atom stereocenters. The number of benzene rings is 2. The average molecular weight is 531 g/mol. The van der Waals surface area contributed by atoms with E-state index in [1.165, 1.54) is 0 Å². The molecule has 0 aliphatic heterocycles. The minimum atomic E-state index is -0.463. The van der Waals surface area contributed by atoms with Crippen molar-refractivity contribution < 1.29 is 19.1 Å². The maximum atomic E-state index is 11.8. The Hall–Kier alpha value is -2.17. The molecule has 0 heterocycles. The number of nitrogens with one attached hydrogen (secondary N) is 3. The number of aryl methyl sites for hydroxylation is 1. The molecule has 7 nitrogen and oxygen atoms in total. The predicted octanol–water partition coefficient (Wildman–Crippen LogP) is 3.00. The second kappa shape index (κ2) is 11.0. The van der Waals surface area contributed by atoms with Crippen molar-refractivity contribution in [1.29, 1.82) is 0 Å². The van der Waals surface area contributed by atoms with Crippen molar-refractivity contribution in [1.82, 2.24) is 16.2 Å². The summed E-state index contributed by atoms with van der Waals surface area (Å²) in [7, 11) is 0. The summed E-state index contributed by atoms with van der Waals surface area (Å²) in [6, 6.07) is 12.6. The molecule has 0 fully saturated rings. The summed E-state index contributed by atoms with van der Waals surface area (Å²) < 4.78 is 12.4. The monoisotopic (exact) mass is 529 g/mol. The van der Waals surface area contributed by atoms with Gasteiger partial charge >= 0.3 is 0 Å². The lowest BCUT2D eigenvalue weighted by molar-refractivity contribution is -0.124. The maximum absolute atomic E-state index is 11.8. The fourth-order valence-electron chi connectivity index (χ4n) is 1.90. The van der Waals surface area contributed by atoms with E-state index in [9.17, 15) is 9.59 Å². The maximum Gasteiger partial charge on any atom is 0.276 e. The summed E-state index contributed by atoms with van der Waals surface area (Å²) in [5, 5.41) is 2.33. The minimum Gasteiger partial charge on any atom is -0.484 e. The zero-order chi connectivity index (χ0) is 20.5. The van der Waals surface area contributed by atoms with Crippen molar-refractivity contribution in [2.24, 2.45) is 0 Å². The molecular weight excluding hydrogens is 514 g/mol. The Labute approximate surface area is 184 Å².